The predicted octanol–water partition coefficient (Wildman–Crippen LogP) is 13.6. The van der Waals surface area contributed by atoms with Gasteiger partial charge in [0.05, 0.1) is 71.3 Å². The molecule has 5 aliphatic rings. The first-order chi connectivity index (χ1) is 70.8. The van der Waals surface area contributed by atoms with E-state index in [4.69, 9.17) is 53.5 Å². The van der Waals surface area contributed by atoms with E-state index in [-0.39, 0.29) is 85.9 Å². The van der Waals surface area contributed by atoms with Gasteiger partial charge in [0.15, 0.2) is 34.3 Å². The molecule has 147 heavy (non-hydrogen) atoms. The molecule has 0 atom stereocenters. The average molecular weight is 2000 g/mol. The number of pyridine rings is 3. The first kappa shape index (κ1) is 101. The molecule has 1 fully saturated rings. The molecule has 15 aromatic rings. The van der Waals surface area contributed by atoms with Gasteiger partial charge in [-0.15, -0.1) is 0 Å². The van der Waals surface area contributed by atoms with Gasteiger partial charge in [0.1, 0.15) is 40.0 Å². The minimum absolute atomic E-state index is 0.0210. The van der Waals surface area contributed by atoms with Crippen LogP contribution in [0.25, 0.3) is 39.8 Å². The third kappa shape index (κ3) is 20.0. The molecule has 12 heterocycles. The molecule has 9 amide bonds. The summed E-state index contributed by atoms with van der Waals surface area (Å²) in [6.45, 7) is 20.7. The summed E-state index contributed by atoms with van der Waals surface area (Å²) < 4.78 is 46.8. The standard InChI is InChI=1S/C28H27N5O4.C27H28ClN5O4.C27H24FN5O4.C27H25N5O4/c1-4-37-21-10-7-19(8-11-21)33-25-22(24(30-33)26(29)34)13-15-31(28(25)36)20-9-12-23(18(3)16-20)32-14-5-6-17(2)27(32)35;2*1-3-37-22-10-8-18(15-20(22)28)33-25-19(24(30-33)26(29)35)11-13-31(27(25)36)17-7-9-21(16(2)14-17)32-12-5-4-6-23(32)34;1-3-36-20-10-7-18(8-11-20)32-25-21(24(29-32)26(28)34)13-15-30(27(25)35)19-9-12-22(17(2)16-19)31-14-5-4-6-23(31)33/h5-12,14,16H,4,13,15H2,1-3H3,(H2,29,34);7-10,14-15H,3-6,11-13H2,1-2H3,(H2,29,35);4-10,12,14-15H,3,11,13H2,1-2H3,(H2,29,35);4-12,14,16H,3,13,15H2,1-2H3,(H2,28,34). The zero-order valence-corrected chi connectivity index (χ0v) is 82.7. The fourth-order valence-electron chi connectivity index (χ4n) is 18.9. The van der Waals surface area contributed by atoms with Gasteiger partial charge in [-0.25, -0.2) is 23.1 Å². The van der Waals surface area contributed by atoms with Crippen LogP contribution in [0.5, 0.6) is 23.0 Å². The van der Waals surface area contributed by atoms with E-state index >= 15 is 0 Å². The number of aryl methyl sites for hydroxylation is 5. The number of carbonyl (C=O) groups is 9. The number of ether oxygens (including phenoxy) is 4. The SMILES string of the molecule is CCOc1ccc(-n2nc(C(N)=O)c3c2C(=O)N(c2ccc(-n4cccc(C)c4=O)c(C)c2)CC3)cc1.CCOc1ccc(-n2nc(C(N)=O)c3c2C(=O)N(c2ccc(-n4ccccc4=O)c(C)c2)CC3)cc1.CCOc1ccc(-n2nc(C(N)=O)c3c2C(=O)N(c2ccc(-n4ccccc4=O)c(C)c2)CC3)cc1F.CCOc1ccc(-n2nc(C(N)=O)c3c2C(=O)N(c2ccc(N4CCCCC4=O)c(C)c2)CC3)cc1Cl. The van der Waals surface area contributed by atoms with Gasteiger partial charge in [-0.1, -0.05) is 29.8 Å². The molecule has 20 rings (SSSR count). The Labute approximate surface area is 846 Å². The van der Waals surface area contributed by atoms with Crippen molar-refractivity contribution >= 4 is 93.2 Å². The maximum atomic E-state index is 14.6. The Morgan fingerprint density at radius 1 is 0.327 bits per heavy atom. The summed E-state index contributed by atoms with van der Waals surface area (Å²) in [5, 5.41) is 17.9. The average Bonchev–Trinajstić information content (AvgIpc) is 1.62. The summed E-state index contributed by atoms with van der Waals surface area (Å²) in [5.41, 5.74) is 37.1. The second-order valence-electron chi connectivity index (χ2n) is 35.2. The first-order valence-corrected chi connectivity index (χ1v) is 48.2. The van der Waals surface area contributed by atoms with Crippen LogP contribution in [-0.2, 0) is 30.5 Å². The molecule has 36 nitrogen and oxygen atoms in total. The van der Waals surface area contributed by atoms with Crippen molar-refractivity contribution in [1.82, 2.24) is 52.8 Å². The van der Waals surface area contributed by atoms with Crippen LogP contribution < -0.4 is 83.1 Å². The van der Waals surface area contributed by atoms with Gasteiger partial charge in [-0.3, -0.25) is 71.2 Å². The lowest BCUT2D eigenvalue weighted by Gasteiger charge is -2.31. The van der Waals surface area contributed by atoms with Crippen LogP contribution in [0.1, 0.15) is 181 Å². The molecule has 8 aromatic carbocycles. The number of nitrogens with two attached hydrogens (primary N) is 4. The molecule has 0 bridgehead atoms. The number of aromatic nitrogens is 11. The molecule has 0 radical (unpaired) electrons. The van der Waals surface area contributed by atoms with E-state index in [2.05, 4.69) is 20.4 Å². The van der Waals surface area contributed by atoms with Crippen molar-refractivity contribution in [2.45, 2.75) is 107 Å². The highest BCUT2D eigenvalue weighted by atomic mass is 35.5. The minimum atomic E-state index is -0.767. The summed E-state index contributed by atoms with van der Waals surface area (Å²) in [7, 11) is 0. The number of piperidine rings is 1. The van der Waals surface area contributed by atoms with Crippen molar-refractivity contribution in [3.05, 3.63) is 362 Å². The Bertz CT molecular complexity index is 7990. The Kier molecular flexibility index (Phi) is 29.2. The van der Waals surface area contributed by atoms with Gasteiger partial charge in [-0.2, -0.15) is 20.4 Å². The molecule has 38 heteroatoms. The molecule has 0 unspecified atom stereocenters. The lowest BCUT2D eigenvalue weighted by molar-refractivity contribution is -0.119. The van der Waals surface area contributed by atoms with Crippen molar-refractivity contribution in [1.29, 1.82) is 0 Å². The summed E-state index contributed by atoms with van der Waals surface area (Å²) >= 11 is 6.40. The molecule has 0 aliphatic carbocycles. The second-order valence-corrected chi connectivity index (χ2v) is 35.6. The first-order valence-electron chi connectivity index (χ1n) is 47.8. The maximum absolute atomic E-state index is 14.6. The minimum Gasteiger partial charge on any atom is -0.494 e. The van der Waals surface area contributed by atoms with Crippen LogP contribution in [0.3, 0.4) is 0 Å². The zero-order chi connectivity index (χ0) is 104. The van der Waals surface area contributed by atoms with Crippen LogP contribution in [-0.4, -0.2) is 165 Å². The van der Waals surface area contributed by atoms with E-state index in [9.17, 15) is 61.9 Å². The fourth-order valence-corrected chi connectivity index (χ4v) is 19.1. The van der Waals surface area contributed by atoms with Crippen LogP contribution in [0.4, 0.5) is 32.8 Å². The molecular weight excluding hydrogens is 1900 g/mol. The number of hydrogen-bond acceptors (Lipinski definition) is 20. The van der Waals surface area contributed by atoms with E-state index in [1.165, 1.54) is 47.6 Å². The Morgan fingerprint density at radius 3 is 0.993 bits per heavy atom. The van der Waals surface area contributed by atoms with Crippen LogP contribution in [0, 0.1) is 40.4 Å². The molecule has 750 valence electrons. The topological polar surface area (TPSA) is 448 Å². The molecule has 0 spiro atoms. The van der Waals surface area contributed by atoms with Gasteiger partial charge in [0.2, 0.25) is 5.91 Å². The predicted molar refractivity (Wildman–Crippen MR) is 552 cm³/mol. The second kappa shape index (κ2) is 42.7. The number of fused-ring (bicyclic) bond motifs is 4. The largest absolute Gasteiger partial charge is 0.494 e. The lowest BCUT2D eigenvalue weighted by atomic mass is 10.0. The molecule has 8 N–H and O–H groups in total. The highest BCUT2D eigenvalue weighted by molar-refractivity contribution is 6.32. The summed E-state index contributed by atoms with van der Waals surface area (Å²) in [6.07, 6.45) is 9.16. The number of amides is 9. The number of anilines is 5. The number of halogens is 2. The number of primary amides is 4. The van der Waals surface area contributed by atoms with E-state index in [1.54, 1.807) is 176 Å². The summed E-state index contributed by atoms with van der Waals surface area (Å²) in [4.78, 5) is 162. The monoisotopic (exact) mass is 2000 g/mol. The van der Waals surface area contributed by atoms with Crippen LogP contribution in [0.15, 0.2) is 239 Å². The van der Waals surface area contributed by atoms with Gasteiger partial charge in [0.25, 0.3) is 63.9 Å². The highest BCUT2D eigenvalue weighted by Crippen LogP contribution is 2.40. The van der Waals surface area contributed by atoms with Gasteiger partial charge in [0, 0.05) is 132 Å². The van der Waals surface area contributed by atoms with E-state index < -0.39 is 35.4 Å². The Hall–Kier alpha value is -17.9. The highest BCUT2D eigenvalue weighted by Gasteiger charge is 2.41. The molecule has 1 saturated heterocycles. The number of benzene rings is 8. The Balaban J connectivity index is 0.000000134. The van der Waals surface area contributed by atoms with Crippen molar-refractivity contribution in [2.75, 3.05) is 83.7 Å². The number of carbonyl (C=O) groups excluding carboxylic acids is 9. The zero-order valence-electron chi connectivity index (χ0n) is 81.9. The third-order valence-electron chi connectivity index (χ3n) is 25.8. The van der Waals surface area contributed by atoms with Crippen molar-refractivity contribution in [3.8, 4) is 62.8 Å². The van der Waals surface area contributed by atoms with Gasteiger partial charge < -0.3 is 66.4 Å². The molecular formula is C109H104ClFN20O16. The van der Waals surface area contributed by atoms with E-state index in [1.807, 2.05) is 120 Å². The Morgan fingerprint density at radius 2 is 0.653 bits per heavy atom. The number of hydrogen-bond donors (Lipinski definition) is 4. The number of nitrogens with zero attached hydrogens (tertiary/aromatic N) is 16. The van der Waals surface area contributed by atoms with Gasteiger partial charge in [-0.05, 0) is 293 Å². The maximum Gasteiger partial charge on any atom is 0.277 e. The van der Waals surface area contributed by atoms with E-state index in [0.717, 1.165) is 52.2 Å². The third-order valence-corrected chi connectivity index (χ3v) is 26.1. The summed E-state index contributed by atoms with van der Waals surface area (Å²) in [6, 6.07) is 59.2. The van der Waals surface area contributed by atoms with Crippen LogP contribution in [0.2, 0.25) is 5.02 Å². The normalized spacial score (nSPS) is 13.6. The van der Waals surface area contributed by atoms with Crippen molar-refractivity contribution in [2.24, 2.45) is 22.9 Å². The smallest absolute Gasteiger partial charge is 0.277 e. The quantitative estimate of drug-likeness (QED) is 0.0436. The van der Waals surface area contributed by atoms with Crippen molar-refractivity contribution in [3.63, 3.8) is 0 Å². The lowest BCUT2D eigenvalue weighted by Crippen LogP contribution is -2.39. The molecule has 0 saturated carbocycles. The van der Waals surface area contributed by atoms with Crippen molar-refractivity contribution < 1.29 is 66.5 Å². The van der Waals surface area contributed by atoms with Crippen LogP contribution >= 0.6 is 11.6 Å². The molecule has 5 aliphatic heterocycles. The van der Waals surface area contributed by atoms with Gasteiger partial charge >= 0.3 is 0 Å². The number of rotatable bonds is 24. The fraction of sp³-hybridized carbons (Fsp3) is 0.229. The molecule has 7 aromatic heterocycles. The van der Waals surface area contributed by atoms with E-state index in [0.29, 0.717) is 198 Å². The summed E-state index contributed by atoms with van der Waals surface area (Å²) in [5.74, 6) is -2.60.